The molecule has 1 rings (SSSR count). The van der Waals surface area contributed by atoms with E-state index < -0.39 is 0 Å². The molecule has 0 aliphatic carbocycles. The van der Waals surface area contributed by atoms with Crippen LogP contribution in [0.3, 0.4) is 0 Å². The first kappa shape index (κ1) is 9.64. The molecule has 0 fully saturated rings. The molecule has 0 saturated carbocycles. The number of aryl methyl sites for hydroxylation is 2. The number of aromatic nitrogens is 1. The van der Waals surface area contributed by atoms with Crippen molar-refractivity contribution in [1.29, 1.82) is 0 Å². The van der Waals surface area contributed by atoms with Crippen LogP contribution >= 0.6 is 0 Å². The molecule has 1 aromatic rings. The average molecular weight is 180 g/mol. The van der Waals surface area contributed by atoms with E-state index in [1.54, 1.807) is 13.1 Å². The van der Waals surface area contributed by atoms with Crippen LogP contribution in [0.5, 0.6) is 5.75 Å². The molecule has 0 aliphatic heterocycles. The van der Waals surface area contributed by atoms with Crippen molar-refractivity contribution in [2.75, 3.05) is 0 Å². The van der Waals surface area contributed by atoms with Gasteiger partial charge in [-0.2, -0.15) is 4.91 Å². The van der Waals surface area contributed by atoms with Crippen LogP contribution in [0.4, 0.5) is 0 Å². The maximum Gasteiger partial charge on any atom is 0.142 e. The van der Waals surface area contributed by atoms with Crippen molar-refractivity contribution in [2.24, 2.45) is 5.18 Å². The van der Waals surface area contributed by atoms with Gasteiger partial charge in [-0.1, -0.05) is 12.1 Å². The normalized spacial score (nSPS) is 10.0. The van der Waals surface area contributed by atoms with Crippen molar-refractivity contribution < 1.29 is 5.11 Å². The number of pyridine rings is 1. The predicted octanol–water partition coefficient (Wildman–Crippen LogP) is 1.92. The monoisotopic (exact) mass is 180 g/mol. The van der Waals surface area contributed by atoms with Crippen molar-refractivity contribution in [3.8, 4) is 5.75 Å². The van der Waals surface area contributed by atoms with Gasteiger partial charge in [0.15, 0.2) is 0 Å². The number of hydrogen-bond donors (Lipinski definition) is 1. The van der Waals surface area contributed by atoms with Crippen LogP contribution in [0.15, 0.2) is 11.4 Å². The summed E-state index contributed by atoms with van der Waals surface area (Å²) in [6.07, 6.45) is 2.42. The molecule has 0 saturated heterocycles. The molecule has 0 radical (unpaired) electrons. The molecule has 1 N–H and O–H groups in total. The molecule has 1 aromatic heterocycles. The van der Waals surface area contributed by atoms with Gasteiger partial charge in [-0.25, -0.2) is 0 Å². The third-order valence-electron chi connectivity index (χ3n) is 2.03. The quantitative estimate of drug-likeness (QED) is 0.723. The molecular formula is C9H12N2O2. The number of hydrogen-bond acceptors (Lipinski definition) is 4. The van der Waals surface area contributed by atoms with Crippen molar-refractivity contribution in [1.82, 2.24) is 4.98 Å². The Bertz CT molecular complexity index is 324. The van der Waals surface area contributed by atoms with Crippen LogP contribution in [0, 0.1) is 11.8 Å². The van der Waals surface area contributed by atoms with Crippen LogP contribution in [-0.4, -0.2) is 10.1 Å². The zero-order chi connectivity index (χ0) is 9.84. The Morgan fingerprint density at radius 2 is 2.31 bits per heavy atom. The summed E-state index contributed by atoms with van der Waals surface area (Å²) in [5.74, 6) is 0.0963. The molecular weight excluding hydrogens is 168 g/mol. The molecule has 13 heavy (non-hydrogen) atoms. The van der Waals surface area contributed by atoms with Gasteiger partial charge >= 0.3 is 0 Å². The van der Waals surface area contributed by atoms with E-state index in [-0.39, 0.29) is 12.3 Å². The van der Waals surface area contributed by atoms with Crippen LogP contribution in [0.1, 0.15) is 23.7 Å². The minimum Gasteiger partial charge on any atom is -0.506 e. The van der Waals surface area contributed by atoms with Gasteiger partial charge in [-0.3, -0.25) is 4.98 Å². The Morgan fingerprint density at radius 3 is 2.85 bits per heavy atom. The van der Waals surface area contributed by atoms with Gasteiger partial charge in [-0.05, 0) is 18.9 Å². The minimum atomic E-state index is 0.0123. The summed E-state index contributed by atoms with van der Waals surface area (Å²) in [5.41, 5.74) is 2.02. The molecule has 4 heteroatoms. The second-order valence-electron chi connectivity index (χ2n) is 2.84. The highest BCUT2D eigenvalue weighted by Gasteiger charge is 2.09. The SMILES string of the molecule is CCc1cnc(C)c(O)c1CN=O. The molecule has 4 nitrogen and oxygen atoms in total. The van der Waals surface area contributed by atoms with Crippen LogP contribution < -0.4 is 0 Å². The fraction of sp³-hybridized carbons (Fsp3) is 0.444. The van der Waals surface area contributed by atoms with E-state index in [9.17, 15) is 10.0 Å². The number of rotatable bonds is 3. The standard InChI is InChI=1S/C9H12N2O2/c1-3-7-4-10-6(2)9(12)8(7)5-11-13/h4,12H,3,5H2,1-2H3. The lowest BCUT2D eigenvalue weighted by molar-refractivity contribution is 0.459. The van der Waals surface area contributed by atoms with Crippen LogP contribution in [0.25, 0.3) is 0 Å². The van der Waals surface area contributed by atoms with Gasteiger partial charge in [0.25, 0.3) is 0 Å². The maximum atomic E-state index is 10.1. The first-order chi connectivity index (χ1) is 6.20. The van der Waals surface area contributed by atoms with E-state index in [2.05, 4.69) is 10.2 Å². The smallest absolute Gasteiger partial charge is 0.142 e. The molecule has 0 aliphatic rings. The van der Waals surface area contributed by atoms with Gasteiger partial charge in [-0.15, -0.1) is 0 Å². The van der Waals surface area contributed by atoms with Gasteiger partial charge in [0.2, 0.25) is 0 Å². The summed E-state index contributed by atoms with van der Waals surface area (Å²) >= 11 is 0. The van der Waals surface area contributed by atoms with Gasteiger partial charge < -0.3 is 5.11 Å². The Hall–Kier alpha value is -1.45. The van der Waals surface area contributed by atoms with Crippen molar-refractivity contribution in [3.63, 3.8) is 0 Å². The largest absolute Gasteiger partial charge is 0.506 e. The second-order valence-corrected chi connectivity index (χ2v) is 2.84. The minimum absolute atomic E-state index is 0.0123. The third-order valence-corrected chi connectivity index (χ3v) is 2.03. The lowest BCUT2D eigenvalue weighted by atomic mass is 10.1. The summed E-state index contributed by atoms with van der Waals surface area (Å²) < 4.78 is 0. The van der Waals surface area contributed by atoms with Crippen LogP contribution in [-0.2, 0) is 13.0 Å². The molecule has 0 aromatic carbocycles. The summed E-state index contributed by atoms with van der Waals surface area (Å²) in [7, 11) is 0. The number of nitroso groups, excluding NO2 is 1. The van der Waals surface area contributed by atoms with E-state index in [1.165, 1.54) is 0 Å². The highest BCUT2D eigenvalue weighted by atomic mass is 16.3. The maximum absolute atomic E-state index is 10.1. The number of aromatic hydroxyl groups is 1. The zero-order valence-corrected chi connectivity index (χ0v) is 7.74. The lowest BCUT2D eigenvalue weighted by Crippen LogP contribution is -1.96. The predicted molar refractivity (Wildman–Crippen MR) is 49.5 cm³/mol. The highest BCUT2D eigenvalue weighted by Crippen LogP contribution is 2.24. The van der Waals surface area contributed by atoms with E-state index in [0.29, 0.717) is 11.3 Å². The van der Waals surface area contributed by atoms with Crippen molar-refractivity contribution >= 4 is 0 Å². The van der Waals surface area contributed by atoms with Crippen molar-refractivity contribution in [3.05, 3.63) is 27.9 Å². The van der Waals surface area contributed by atoms with Gasteiger partial charge in [0.05, 0.1) is 5.69 Å². The van der Waals surface area contributed by atoms with E-state index >= 15 is 0 Å². The fourth-order valence-corrected chi connectivity index (χ4v) is 1.23. The molecule has 0 unspecified atom stereocenters. The van der Waals surface area contributed by atoms with E-state index in [1.807, 2.05) is 6.92 Å². The summed E-state index contributed by atoms with van der Waals surface area (Å²) in [5, 5.41) is 12.4. The molecule has 1 heterocycles. The molecule has 0 atom stereocenters. The fourth-order valence-electron chi connectivity index (χ4n) is 1.23. The van der Waals surface area contributed by atoms with Gasteiger partial charge in [0.1, 0.15) is 12.3 Å². The zero-order valence-electron chi connectivity index (χ0n) is 7.74. The van der Waals surface area contributed by atoms with Gasteiger partial charge in [0, 0.05) is 11.8 Å². The first-order valence-electron chi connectivity index (χ1n) is 4.16. The second kappa shape index (κ2) is 3.98. The average Bonchev–Trinajstić information content (AvgIpc) is 2.14. The molecule has 0 bridgehead atoms. The molecule has 0 amide bonds. The van der Waals surface area contributed by atoms with E-state index in [0.717, 1.165) is 12.0 Å². The summed E-state index contributed by atoms with van der Waals surface area (Å²) in [6, 6.07) is 0. The third kappa shape index (κ3) is 1.83. The van der Waals surface area contributed by atoms with Crippen molar-refractivity contribution in [2.45, 2.75) is 26.8 Å². The van der Waals surface area contributed by atoms with E-state index in [4.69, 9.17) is 0 Å². The Labute approximate surface area is 76.6 Å². The molecule has 0 spiro atoms. The topological polar surface area (TPSA) is 62.6 Å². The molecule has 70 valence electrons. The number of nitrogens with zero attached hydrogens (tertiary/aromatic N) is 2. The van der Waals surface area contributed by atoms with Crippen LogP contribution in [0.2, 0.25) is 0 Å². The summed E-state index contributed by atoms with van der Waals surface area (Å²) in [4.78, 5) is 14.1. The Morgan fingerprint density at radius 1 is 1.62 bits per heavy atom. The lowest BCUT2D eigenvalue weighted by Gasteiger charge is -2.07. The first-order valence-corrected chi connectivity index (χ1v) is 4.16. The Balaban J connectivity index is 3.23. The summed E-state index contributed by atoms with van der Waals surface area (Å²) in [6.45, 7) is 3.65. The Kier molecular flexibility index (Phi) is 2.95. The highest BCUT2D eigenvalue weighted by molar-refractivity contribution is 5.40.